The van der Waals surface area contributed by atoms with E-state index in [1.165, 1.54) is 24.2 Å². The molecule has 6 heteroatoms. The van der Waals surface area contributed by atoms with E-state index in [0.717, 1.165) is 18.9 Å². The maximum Gasteiger partial charge on any atom is 0.267 e. The molecule has 1 amide bonds. The smallest absolute Gasteiger partial charge is 0.267 e. The van der Waals surface area contributed by atoms with Crippen molar-refractivity contribution in [2.45, 2.75) is 44.1 Å². The molecule has 3 nitrogen and oxygen atoms in total. The quantitative estimate of drug-likeness (QED) is 0.805. The van der Waals surface area contributed by atoms with Crippen molar-refractivity contribution >= 4 is 24.9 Å². The molecule has 1 aliphatic rings. The molecule has 2 heterocycles. The summed E-state index contributed by atoms with van der Waals surface area (Å²) in [5, 5.41) is 3.24. The third kappa shape index (κ3) is 3.06. The van der Waals surface area contributed by atoms with E-state index in [1.807, 2.05) is 0 Å². The number of aromatic nitrogens is 1. The first kappa shape index (κ1) is 15.2. The van der Waals surface area contributed by atoms with E-state index < -0.39 is 19.7 Å². The van der Waals surface area contributed by atoms with Gasteiger partial charge in [-0.2, -0.15) is 0 Å². The lowest BCUT2D eigenvalue weighted by molar-refractivity contribution is 0.0929. The van der Waals surface area contributed by atoms with Gasteiger partial charge in [-0.05, 0) is 25.0 Å². The summed E-state index contributed by atoms with van der Waals surface area (Å²) in [4.78, 5) is 15.1. The number of halogens is 2. The lowest BCUT2D eigenvalue weighted by Crippen LogP contribution is -2.42. The molecule has 22 heavy (non-hydrogen) atoms. The van der Waals surface area contributed by atoms with Gasteiger partial charge in [0.25, 0.3) is 5.91 Å². The normalized spacial score (nSPS) is 18.5. The molecule has 2 aromatic rings. The van der Waals surface area contributed by atoms with Crippen molar-refractivity contribution in [2.24, 2.45) is 0 Å². The number of nitrogens with one attached hydrogen (secondary N) is 2. The SMILES string of the molecule is C[Si]1(C)CCC(NC(=O)c2cc3c(F)cc(F)cc3[nH]2)CC1. The summed E-state index contributed by atoms with van der Waals surface area (Å²) < 4.78 is 26.9. The van der Waals surface area contributed by atoms with Crippen LogP contribution in [0.2, 0.25) is 25.2 Å². The van der Waals surface area contributed by atoms with E-state index in [-0.39, 0.29) is 23.0 Å². The van der Waals surface area contributed by atoms with Crippen LogP contribution in [0, 0.1) is 11.6 Å². The zero-order valence-electron chi connectivity index (χ0n) is 12.8. The summed E-state index contributed by atoms with van der Waals surface area (Å²) in [5.74, 6) is -1.56. The molecule has 118 valence electrons. The van der Waals surface area contributed by atoms with Gasteiger partial charge >= 0.3 is 0 Å². The standard InChI is InChI=1S/C16H20F2N2OSi/c1-22(2)5-3-11(4-6-22)19-16(21)15-9-12-13(18)7-10(17)8-14(12)20-15/h7-9,11,20H,3-6H2,1-2H3,(H,19,21). The number of amides is 1. The van der Waals surface area contributed by atoms with E-state index in [0.29, 0.717) is 5.52 Å². The molecule has 0 aliphatic carbocycles. The lowest BCUT2D eigenvalue weighted by atomic mass is 10.1. The minimum absolute atomic E-state index is 0.182. The van der Waals surface area contributed by atoms with Gasteiger partial charge in [0, 0.05) is 25.6 Å². The van der Waals surface area contributed by atoms with Crippen molar-refractivity contribution in [2.75, 3.05) is 0 Å². The van der Waals surface area contributed by atoms with Gasteiger partial charge < -0.3 is 10.3 Å². The highest BCUT2D eigenvalue weighted by Gasteiger charge is 2.29. The van der Waals surface area contributed by atoms with Crippen molar-refractivity contribution in [1.29, 1.82) is 0 Å². The first-order valence-corrected chi connectivity index (χ1v) is 11.0. The molecule has 0 radical (unpaired) electrons. The summed E-state index contributed by atoms with van der Waals surface area (Å²) in [5.41, 5.74) is 0.585. The molecule has 0 bridgehead atoms. The molecule has 3 rings (SSSR count). The van der Waals surface area contributed by atoms with Gasteiger partial charge in [-0.1, -0.05) is 25.2 Å². The summed E-state index contributed by atoms with van der Waals surface area (Å²) in [6.45, 7) is 4.75. The number of H-pyrrole nitrogens is 1. The Balaban J connectivity index is 1.74. The first-order valence-electron chi connectivity index (χ1n) is 7.63. The highest BCUT2D eigenvalue weighted by molar-refractivity contribution is 6.77. The summed E-state index contributed by atoms with van der Waals surface area (Å²) in [6.07, 6.45) is 2.02. The summed E-state index contributed by atoms with van der Waals surface area (Å²) in [7, 11) is -1.05. The second kappa shape index (κ2) is 5.50. The predicted octanol–water partition coefficient (Wildman–Crippen LogP) is 4.05. The molecule has 1 aromatic heterocycles. The van der Waals surface area contributed by atoms with E-state index in [1.54, 1.807) is 0 Å². The zero-order chi connectivity index (χ0) is 15.9. The van der Waals surface area contributed by atoms with Crippen LogP contribution in [0.5, 0.6) is 0 Å². The molecule has 1 saturated heterocycles. The molecular formula is C16H20F2N2OSi. The Bertz CT molecular complexity index is 716. The fourth-order valence-electron chi connectivity index (χ4n) is 3.09. The van der Waals surface area contributed by atoms with Gasteiger partial charge in [-0.3, -0.25) is 4.79 Å². The number of rotatable bonds is 2. The second-order valence-electron chi connectivity index (χ2n) is 6.94. The van der Waals surface area contributed by atoms with Crippen LogP contribution in [-0.2, 0) is 0 Å². The Morgan fingerprint density at radius 1 is 1.23 bits per heavy atom. The Hall–Kier alpha value is -1.69. The Labute approximate surface area is 129 Å². The summed E-state index contributed by atoms with van der Waals surface area (Å²) in [6, 6.07) is 6.08. The van der Waals surface area contributed by atoms with Gasteiger partial charge in [0.15, 0.2) is 0 Å². The highest BCUT2D eigenvalue weighted by atomic mass is 28.3. The van der Waals surface area contributed by atoms with Crippen LogP contribution >= 0.6 is 0 Å². The van der Waals surface area contributed by atoms with E-state index >= 15 is 0 Å². The first-order chi connectivity index (χ1) is 10.3. The Morgan fingerprint density at radius 2 is 1.91 bits per heavy atom. The fourth-order valence-corrected chi connectivity index (χ4v) is 5.60. The number of benzene rings is 1. The third-order valence-corrected chi connectivity index (χ3v) is 7.86. The van der Waals surface area contributed by atoms with Gasteiger partial charge in [0.2, 0.25) is 0 Å². The zero-order valence-corrected chi connectivity index (χ0v) is 13.8. The minimum Gasteiger partial charge on any atom is -0.350 e. The number of aromatic amines is 1. The maximum absolute atomic E-state index is 13.7. The molecule has 1 aliphatic heterocycles. The van der Waals surface area contributed by atoms with Crippen molar-refractivity contribution in [3.8, 4) is 0 Å². The van der Waals surface area contributed by atoms with Crippen LogP contribution in [0.3, 0.4) is 0 Å². The Morgan fingerprint density at radius 3 is 2.59 bits per heavy atom. The largest absolute Gasteiger partial charge is 0.350 e. The molecule has 1 aromatic carbocycles. The van der Waals surface area contributed by atoms with E-state index in [2.05, 4.69) is 23.4 Å². The van der Waals surface area contributed by atoms with Gasteiger partial charge in [-0.25, -0.2) is 8.78 Å². The van der Waals surface area contributed by atoms with E-state index in [9.17, 15) is 13.6 Å². The van der Waals surface area contributed by atoms with Gasteiger partial charge in [-0.15, -0.1) is 0 Å². The molecular weight excluding hydrogens is 302 g/mol. The number of fused-ring (bicyclic) bond motifs is 1. The van der Waals surface area contributed by atoms with Crippen LogP contribution in [-0.4, -0.2) is 25.0 Å². The average molecular weight is 322 g/mol. The van der Waals surface area contributed by atoms with Gasteiger partial charge in [0.05, 0.1) is 5.52 Å². The van der Waals surface area contributed by atoms with Gasteiger partial charge in [0.1, 0.15) is 17.3 Å². The predicted molar refractivity (Wildman–Crippen MR) is 85.8 cm³/mol. The molecule has 1 fully saturated rings. The monoisotopic (exact) mass is 322 g/mol. The number of hydrogen-bond donors (Lipinski definition) is 2. The molecule has 0 atom stereocenters. The van der Waals surface area contributed by atoms with Crippen LogP contribution in [0.25, 0.3) is 10.9 Å². The fraction of sp³-hybridized carbons (Fsp3) is 0.438. The van der Waals surface area contributed by atoms with Crippen LogP contribution < -0.4 is 5.32 Å². The van der Waals surface area contributed by atoms with Crippen molar-refractivity contribution in [3.63, 3.8) is 0 Å². The molecule has 0 unspecified atom stereocenters. The third-order valence-electron chi connectivity index (χ3n) is 4.57. The molecule has 2 N–H and O–H groups in total. The minimum atomic E-state index is -1.05. The number of hydrogen-bond acceptors (Lipinski definition) is 1. The van der Waals surface area contributed by atoms with Crippen molar-refractivity contribution < 1.29 is 13.6 Å². The molecule has 0 spiro atoms. The van der Waals surface area contributed by atoms with Crippen LogP contribution in [0.4, 0.5) is 8.78 Å². The topological polar surface area (TPSA) is 44.9 Å². The summed E-state index contributed by atoms with van der Waals surface area (Å²) >= 11 is 0. The lowest BCUT2D eigenvalue weighted by Gasteiger charge is -2.33. The highest BCUT2D eigenvalue weighted by Crippen LogP contribution is 2.28. The Kier molecular flexibility index (Phi) is 3.80. The number of carbonyl (C=O) groups is 1. The van der Waals surface area contributed by atoms with E-state index in [4.69, 9.17) is 0 Å². The van der Waals surface area contributed by atoms with Crippen LogP contribution in [0.15, 0.2) is 18.2 Å². The van der Waals surface area contributed by atoms with Crippen molar-refractivity contribution in [1.82, 2.24) is 10.3 Å². The molecule has 0 saturated carbocycles. The second-order valence-corrected chi connectivity index (χ2v) is 12.3. The van der Waals surface area contributed by atoms with Crippen molar-refractivity contribution in [3.05, 3.63) is 35.5 Å². The maximum atomic E-state index is 13.7. The number of carbonyl (C=O) groups excluding carboxylic acids is 1. The van der Waals surface area contributed by atoms with Crippen LogP contribution in [0.1, 0.15) is 23.3 Å². The average Bonchev–Trinajstić information content (AvgIpc) is 2.85.